The van der Waals surface area contributed by atoms with E-state index in [1.807, 2.05) is 0 Å². The maximum Gasteiger partial charge on any atom is 0.387 e. The lowest BCUT2D eigenvalue weighted by Gasteiger charge is -2.24. The Hall–Kier alpha value is -4.12. The third kappa shape index (κ3) is 3.05. The van der Waals surface area contributed by atoms with Crippen LogP contribution in [0.4, 0.5) is 13.2 Å². The van der Waals surface area contributed by atoms with Crippen LogP contribution in [-0.2, 0) is 5.54 Å². The number of alkyl halides is 2. The largest absolute Gasteiger partial charge is 0.489 e. The van der Waals surface area contributed by atoms with Crippen LogP contribution in [0.5, 0.6) is 11.5 Å². The number of amides is 1. The normalized spacial score (nSPS) is 24.8. The quantitative estimate of drug-likeness (QED) is 0.423. The molecule has 8 nitrogen and oxygen atoms in total. The minimum Gasteiger partial charge on any atom is -0.489 e. The van der Waals surface area contributed by atoms with Crippen LogP contribution < -0.4 is 15.2 Å². The van der Waals surface area contributed by atoms with Crippen LogP contribution in [-0.4, -0.2) is 45.5 Å². The molecule has 2 aromatic carbocycles. The number of fused-ring (bicyclic) bond motifs is 10. The van der Waals surface area contributed by atoms with Gasteiger partial charge in [-0.25, -0.2) is 9.37 Å². The highest BCUT2D eigenvalue weighted by Crippen LogP contribution is 2.51. The summed E-state index contributed by atoms with van der Waals surface area (Å²) in [6.07, 6.45) is 1.47. The van der Waals surface area contributed by atoms with Gasteiger partial charge < -0.3 is 24.7 Å². The molecule has 11 heteroatoms. The molecule has 3 aliphatic rings. The zero-order valence-electron chi connectivity index (χ0n) is 22.9. The minimum atomic E-state index is -3.21. The van der Waals surface area contributed by atoms with Crippen LogP contribution in [0.2, 0.25) is 0 Å². The van der Waals surface area contributed by atoms with Gasteiger partial charge in [0, 0.05) is 46.0 Å². The van der Waals surface area contributed by atoms with E-state index in [9.17, 15) is 13.6 Å². The van der Waals surface area contributed by atoms with Crippen molar-refractivity contribution in [1.29, 1.82) is 0 Å². The monoisotopic (exact) mass is 524 g/mol. The molecule has 0 unspecified atom stereocenters. The SMILES string of the molecule is [2H]C([2H])([2H])N1C(=O)c2cccc(OC(F)F)c2[C@H]2C[C@@H]1c1nc3ccc(-c4cnc5c(c4)OC[C@@]5(C)N)c(F)c3n12. The Kier molecular flexibility index (Phi) is 4.04. The molecule has 0 saturated heterocycles. The molecule has 0 radical (unpaired) electrons. The second kappa shape index (κ2) is 7.70. The number of ether oxygens (including phenoxy) is 2. The lowest BCUT2D eigenvalue weighted by molar-refractivity contribution is -0.0507. The molecule has 0 saturated carbocycles. The van der Waals surface area contributed by atoms with Crippen LogP contribution in [0.15, 0.2) is 42.6 Å². The zero-order valence-corrected chi connectivity index (χ0v) is 19.9. The molecule has 0 spiro atoms. The van der Waals surface area contributed by atoms with E-state index < -0.39 is 42.9 Å². The Balaban J connectivity index is 1.47. The Morgan fingerprint density at radius 3 is 2.89 bits per heavy atom. The van der Waals surface area contributed by atoms with E-state index >= 15 is 4.39 Å². The van der Waals surface area contributed by atoms with Gasteiger partial charge in [0.1, 0.15) is 35.1 Å². The number of rotatable bonds is 3. The van der Waals surface area contributed by atoms with Gasteiger partial charge in [0.2, 0.25) is 0 Å². The number of pyridine rings is 1. The summed E-state index contributed by atoms with van der Waals surface area (Å²) in [5.74, 6) is -1.27. The molecule has 2 bridgehead atoms. The number of nitrogens with two attached hydrogens (primary N) is 1. The molecule has 2 aromatic heterocycles. The standard InChI is InChI=1S/C27H22F3N5O3/c1-27(31)11-37-19-8-12(10-32-23(19)27)13-6-7-15-22(21(13)28)35-16-9-17(24(35)33-15)34(2)25(36)14-4-3-5-18(20(14)16)38-26(29)30/h3-8,10,16-17,26H,9,11,31H2,1-2H3/t16-,17-,27-/m1/s1/i2D3. The maximum absolute atomic E-state index is 16.5. The van der Waals surface area contributed by atoms with Gasteiger partial charge in [0.05, 0.1) is 23.1 Å². The number of imidazole rings is 1. The lowest BCUT2D eigenvalue weighted by atomic mass is 9.97. The summed E-state index contributed by atoms with van der Waals surface area (Å²) in [6.45, 7) is -4.09. The highest BCUT2D eigenvalue weighted by Gasteiger charge is 2.45. The van der Waals surface area contributed by atoms with E-state index in [2.05, 4.69) is 9.97 Å². The minimum absolute atomic E-state index is 0.0218. The fraction of sp³-hybridized carbons (Fsp3) is 0.296. The summed E-state index contributed by atoms with van der Waals surface area (Å²) in [4.78, 5) is 23.2. The number of hydrogen-bond acceptors (Lipinski definition) is 6. The van der Waals surface area contributed by atoms with E-state index in [-0.39, 0.29) is 52.3 Å². The molecule has 3 atom stereocenters. The van der Waals surface area contributed by atoms with Gasteiger partial charge in [-0.3, -0.25) is 9.78 Å². The van der Waals surface area contributed by atoms with Gasteiger partial charge >= 0.3 is 6.61 Å². The fourth-order valence-corrected chi connectivity index (χ4v) is 5.80. The molecule has 0 fully saturated rings. The lowest BCUT2D eigenvalue weighted by Crippen LogP contribution is -2.35. The molecule has 5 heterocycles. The molecule has 2 N–H and O–H groups in total. The number of nitrogens with zero attached hydrogens (tertiary/aromatic N) is 4. The third-order valence-electron chi connectivity index (χ3n) is 7.48. The molecule has 3 aliphatic heterocycles. The predicted octanol–water partition coefficient (Wildman–Crippen LogP) is 4.52. The Labute approximate surface area is 219 Å². The summed E-state index contributed by atoms with van der Waals surface area (Å²) < 4.78 is 79.6. The fourth-order valence-electron chi connectivity index (χ4n) is 5.80. The van der Waals surface area contributed by atoms with Gasteiger partial charge in [-0.05, 0) is 37.3 Å². The summed E-state index contributed by atoms with van der Waals surface area (Å²) in [6, 6.07) is 6.74. The summed E-state index contributed by atoms with van der Waals surface area (Å²) >= 11 is 0. The molecular formula is C27H22F3N5O3. The van der Waals surface area contributed by atoms with Crippen molar-refractivity contribution < 1.29 is 31.6 Å². The molecular weight excluding hydrogens is 499 g/mol. The van der Waals surface area contributed by atoms with Crippen molar-refractivity contribution in [2.24, 2.45) is 5.73 Å². The van der Waals surface area contributed by atoms with Gasteiger partial charge in [-0.2, -0.15) is 8.78 Å². The second-order valence-electron chi connectivity index (χ2n) is 9.95. The Morgan fingerprint density at radius 1 is 1.26 bits per heavy atom. The molecule has 0 aliphatic carbocycles. The van der Waals surface area contributed by atoms with Gasteiger partial charge in [0.15, 0.2) is 5.82 Å². The highest BCUT2D eigenvalue weighted by molar-refractivity contribution is 5.98. The van der Waals surface area contributed by atoms with Crippen molar-refractivity contribution in [3.63, 3.8) is 0 Å². The van der Waals surface area contributed by atoms with Crippen LogP contribution in [0.3, 0.4) is 0 Å². The van der Waals surface area contributed by atoms with Crippen molar-refractivity contribution in [1.82, 2.24) is 19.4 Å². The Bertz CT molecular complexity index is 1770. The van der Waals surface area contributed by atoms with E-state index in [1.54, 1.807) is 19.1 Å². The van der Waals surface area contributed by atoms with Gasteiger partial charge in [-0.15, -0.1) is 0 Å². The first-order valence-corrected chi connectivity index (χ1v) is 11.9. The molecule has 1 amide bonds. The molecule has 7 rings (SSSR count). The van der Waals surface area contributed by atoms with Gasteiger partial charge in [-0.1, -0.05) is 6.07 Å². The number of carbonyl (C=O) groups excluding carboxylic acids is 1. The number of benzene rings is 2. The van der Waals surface area contributed by atoms with E-state index in [0.29, 0.717) is 21.9 Å². The van der Waals surface area contributed by atoms with E-state index in [1.165, 1.54) is 35.0 Å². The number of carbonyl (C=O) groups is 1. The van der Waals surface area contributed by atoms with Crippen molar-refractivity contribution in [3.05, 3.63) is 71.1 Å². The van der Waals surface area contributed by atoms with Crippen LogP contribution in [0.1, 0.15) is 57.0 Å². The summed E-state index contributed by atoms with van der Waals surface area (Å²) in [7, 11) is 0. The van der Waals surface area contributed by atoms with Crippen LogP contribution in [0, 0.1) is 5.82 Å². The second-order valence-corrected chi connectivity index (χ2v) is 9.95. The van der Waals surface area contributed by atoms with Crippen LogP contribution >= 0.6 is 0 Å². The number of aromatic nitrogens is 3. The smallest absolute Gasteiger partial charge is 0.387 e. The van der Waals surface area contributed by atoms with Crippen molar-refractivity contribution in [2.75, 3.05) is 13.6 Å². The van der Waals surface area contributed by atoms with E-state index in [0.717, 1.165) is 0 Å². The molecule has 4 aromatic rings. The highest BCUT2D eigenvalue weighted by atomic mass is 19.3. The van der Waals surface area contributed by atoms with Gasteiger partial charge in [0.25, 0.3) is 5.91 Å². The summed E-state index contributed by atoms with van der Waals surface area (Å²) in [5.41, 5.74) is 6.77. The number of hydrogen-bond donors (Lipinski definition) is 1. The first-order chi connectivity index (χ1) is 19.4. The average molecular weight is 525 g/mol. The average Bonchev–Trinajstić information content (AvgIpc) is 3.50. The topological polar surface area (TPSA) is 95.5 Å². The first kappa shape index (κ1) is 19.9. The number of halogens is 3. The third-order valence-corrected chi connectivity index (χ3v) is 7.48. The van der Waals surface area contributed by atoms with Crippen molar-refractivity contribution >= 4 is 16.9 Å². The first-order valence-electron chi connectivity index (χ1n) is 13.4. The maximum atomic E-state index is 16.5. The molecule has 194 valence electrons. The zero-order chi connectivity index (χ0) is 29.0. The van der Waals surface area contributed by atoms with Crippen molar-refractivity contribution in [3.8, 4) is 22.6 Å². The molecule has 38 heavy (non-hydrogen) atoms. The van der Waals surface area contributed by atoms with E-state index in [4.69, 9.17) is 19.3 Å². The summed E-state index contributed by atoms with van der Waals surface area (Å²) in [5, 5.41) is 0. The predicted molar refractivity (Wildman–Crippen MR) is 131 cm³/mol. The Morgan fingerprint density at radius 2 is 2.11 bits per heavy atom. The van der Waals surface area contributed by atoms with Crippen LogP contribution in [0.25, 0.3) is 22.2 Å². The van der Waals surface area contributed by atoms with Crippen molar-refractivity contribution in [2.45, 2.75) is 37.6 Å².